The monoisotopic (exact) mass is 220 g/mol. The lowest BCUT2D eigenvalue weighted by molar-refractivity contribution is 1.23. The number of fused-ring (bicyclic) bond motifs is 1. The molecule has 3 aromatic rings. The highest BCUT2D eigenvalue weighted by Crippen LogP contribution is 2.13. The van der Waals surface area contributed by atoms with Gasteiger partial charge >= 0.3 is 0 Å². The molecule has 0 aliphatic rings. The molecule has 0 amide bonds. The largest absolute Gasteiger partial charge is 0.322 e. The van der Waals surface area contributed by atoms with Crippen LogP contribution in [0, 0.1) is 0 Å². The normalized spacial score (nSPS) is 11.3. The Morgan fingerprint density at radius 2 is 1.82 bits per heavy atom. The molecule has 0 aliphatic carbocycles. The van der Waals surface area contributed by atoms with Crippen LogP contribution in [0.4, 0.5) is 0 Å². The van der Waals surface area contributed by atoms with Crippen LogP contribution in [0.2, 0.25) is 0 Å². The zero-order chi connectivity index (χ0) is 11.5. The molecular weight excluding hydrogens is 208 g/mol. The lowest BCUT2D eigenvalue weighted by Crippen LogP contribution is -1.83. The summed E-state index contributed by atoms with van der Waals surface area (Å²) in [5.74, 6) is 0. The number of benzene rings is 1. The number of hydrogen-bond acceptors (Lipinski definition) is 1. The van der Waals surface area contributed by atoms with Crippen molar-refractivity contribution >= 4 is 23.3 Å². The molecule has 0 spiro atoms. The summed E-state index contributed by atoms with van der Waals surface area (Å²) in [6.45, 7) is 0. The molecule has 0 saturated heterocycles. The third kappa shape index (κ3) is 1.97. The van der Waals surface area contributed by atoms with Gasteiger partial charge in [0, 0.05) is 18.6 Å². The van der Waals surface area contributed by atoms with E-state index >= 15 is 0 Å². The van der Waals surface area contributed by atoms with E-state index in [0.717, 1.165) is 11.0 Å². The average molecular weight is 220 g/mol. The van der Waals surface area contributed by atoms with Crippen LogP contribution in [0.3, 0.4) is 0 Å². The van der Waals surface area contributed by atoms with Crippen molar-refractivity contribution in [3.63, 3.8) is 0 Å². The number of rotatable bonds is 2. The van der Waals surface area contributed by atoms with Crippen LogP contribution in [-0.2, 0) is 0 Å². The van der Waals surface area contributed by atoms with Gasteiger partial charge in [0.1, 0.15) is 0 Å². The van der Waals surface area contributed by atoms with Crippen LogP contribution in [0.1, 0.15) is 5.56 Å². The Hall–Kier alpha value is -2.35. The van der Waals surface area contributed by atoms with Crippen LogP contribution in [0.5, 0.6) is 0 Å². The van der Waals surface area contributed by atoms with E-state index in [1.165, 1.54) is 5.56 Å². The summed E-state index contributed by atoms with van der Waals surface area (Å²) in [5, 5.41) is 0. The van der Waals surface area contributed by atoms with Gasteiger partial charge in [-0.25, -0.2) is 0 Å². The van der Waals surface area contributed by atoms with E-state index in [1.54, 1.807) is 0 Å². The highest BCUT2D eigenvalue weighted by atomic mass is 14.9. The summed E-state index contributed by atoms with van der Waals surface area (Å²) in [6, 6.07) is 16.3. The highest BCUT2D eigenvalue weighted by molar-refractivity contribution is 5.79. The van der Waals surface area contributed by atoms with E-state index in [9.17, 15) is 0 Å². The number of nitrogens with zero attached hydrogens (tertiary/aromatic N) is 2. The molecule has 0 atom stereocenters. The van der Waals surface area contributed by atoms with Crippen molar-refractivity contribution in [2.45, 2.75) is 0 Å². The number of hydrogen-bond donors (Lipinski definition) is 0. The fraction of sp³-hybridized carbons (Fsp3) is 0. The maximum absolute atomic E-state index is 4.30. The van der Waals surface area contributed by atoms with Gasteiger partial charge < -0.3 is 4.57 Å². The molecule has 2 heterocycles. The molecular formula is C15H12N2. The van der Waals surface area contributed by atoms with Gasteiger partial charge in [-0.15, -0.1) is 0 Å². The predicted octanol–water partition coefficient (Wildman–Crippen LogP) is 3.66. The van der Waals surface area contributed by atoms with E-state index in [1.807, 2.05) is 42.7 Å². The topological polar surface area (TPSA) is 17.8 Å². The van der Waals surface area contributed by atoms with Gasteiger partial charge in [0.2, 0.25) is 0 Å². The number of pyridine rings is 1. The molecule has 1 aromatic carbocycles. The molecule has 0 fully saturated rings. The first-order valence-electron chi connectivity index (χ1n) is 5.58. The van der Waals surface area contributed by atoms with Crippen molar-refractivity contribution in [2.75, 3.05) is 0 Å². The summed E-state index contributed by atoms with van der Waals surface area (Å²) in [7, 11) is 0. The molecule has 0 radical (unpaired) electrons. The highest BCUT2D eigenvalue weighted by Gasteiger charge is 1.96. The van der Waals surface area contributed by atoms with Gasteiger partial charge in [-0.3, -0.25) is 4.98 Å². The van der Waals surface area contributed by atoms with Crippen molar-refractivity contribution in [2.24, 2.45) is 0 Å². The van der Waals surface area contributed by atoms with Crippen molar-refractivity contribution in [1.82, 2.24) is 9.55 Å². The molecule has 2 aromatic heterocycles. The molecule has 0 bridgehead atoms. The van der Waals surface area contributed by atoms with Crippen molar-refractivity contribution in [3.05, 3.63) is 66.5 Å². The fourth-order valence-electron chi connectivity index (χ4n) is 1.85. The van der Waals surface area contributed by atoms with Crippen LogP contribution < -0.4 is 0 Å². The summed E-state index contributed by atoms with van der Waals surface area (Å²) < 4.78 is 2.08. The molecule has 0 saturated carbocycles. The third-order valence-corrected chi connectivity index (χ3v) is 2.71. The van der Waals surface area contributed by atoms with Gasteiger partial charge in [0.15, 0.2) is 0 Å². The SMILES string of the molecule is C(=Cn1ccc2ncccc21)c1ccccc1. The van der Waals surface area contributed by atoms with Crippen LogP contribution in [0.25, 0.3) is 23.3 Å². The lowest BCUT2D eigenvalue weighted by atomic mass is 10.2. The second-order valence-electron chi connectivity index (χ2n) is 3.86. The Bertz CT molecular complexity index is 651. The molecule has 3 rings (SSSR count). The fourth-order valence-corrected chi connectivity index (χ4v) is 1.85. The van der Waals surface area contributed by atoms with E-state index in [4.69, 9.17) is 0 Å². The zero-order valence-electron chi connectivity index (χ0n) is 9.32. The Morgan fingerprint density at radius 3 is 2.71 bits per heavy atom. The van der Waals surface area contributed by atoms with E-state index in [2.05, 4.69) is 40.0 Å². The maximum atomic E-state index is 4.30. The Kier molecular flexibility index (Phi) is 2.47. The van der Waals surface area contributed by atoms with Gasteiger partial charge in [-0.05, 0) is 29.8 Å². The average Bonchev–Trinajstić information content (AvgIpc) is 2.81. The van der Waals surface area contributed by atoms with Crippen LogP contribution in [0.15, 0.2) is 60.9 Å². The molecule has 0 N–H and O–H groups in total. The molecule has 2 nitrogen and oxygen atoms in total. The second kappa shape index (κ2) is 4.26. The molecule has 0 unspecified atom stereocenters. The van der Waals surface area contributed by atoms with Gasteiger partial charge in [0.05, 0.1) is 11.0 Å². The van der Waals surface area contributed by atoms with Crippen molar-refractivity contribution in [3.8, 4) is 0 Å². The molecule has 82 valence electrons. The van der Waals surface area contributed by atoms with Crippen molar-refractivity contribution in [1.29, 1.82) is 0 Å². The Labute approximate surface area is 99.8 Å². The minimum Gasteiger partial charge on any atom is -0.322 e. The smallest absolute Gasteiger partial charge is 0.0884 e. The van der Waals surface area contributed by atoms with Crippen molar-refractivity contribution < 1.29 is 0 Å². The minimum atomic E-state index is 1.02. The summed E-state index contributed by atoms with van der Waals surface area (Å²) >= 11 is 0. The number of aromatic nitrogens is 2. The Balaban J connectivity index is 1.98. The molecule has 17 heavy (non-hydrogen) atoms. The molecule has 0 aliphatic heterocycles. The first kappa shape index (κ1) is 9.85. The standard InChI is InChI=1S/C15H12N2/c1-2-5-13(6-3-1)8-11-17-12-9-14-15(17)7-4-10-16-14/h1-12H. The van der Waals surface area contributed by atoms with Gasteiger partial charge in [-0.2, -0.15) is 0 Å². The van der Waals surface area contributed by atoms with E-state index < -0.39 is 0 Å². The van der Waals surface area contributed by atoms with E-state index in [-0.39, 0.29) is 0 Å². The first-order chi connectivity index (χ1) is 8.43. The minimum absolute atomic E-state index is 1.02. The lowest BCUT2D eigenvalue weighted by Gasteiger charge is -1.97. The second-order valence-corrected chi connectivity index (χ2v) is 3.86. The quantitative estimate of drug-likeness (QED) is 0.644. The van der Waals surface area contributed by atoms with Crippen LogP contribution in [-0.4, -0.2) is 9.55 Å². The molecule has 2 heteroatoms. The van der Waals surface area contributed by atoms with E-state index in [0.29, 0.717) is 0 Å². The van der Waals surface area contributed by atoms with Crippen LogP contribution >= 0.6 is 0 Å². The first-order valence-corrected chi connectivity index (χ1v) is 5.58. The maximum Gasteiger partial charge on any atom is 0.0884 e. The Morgan fingerprint density at radius 1 is 0.941 bits per heavy atom. The summed E-state index contributed by atoms with van der Waals surface area (Å²) in [5.41, 5.74) is 3.34. The summed E-state index contributed by atoms with van der Waals surface area (Å²) in [6.07, 6.45) is 7.98. The van der Waals surface area contributed by atoms with Gasteiger partial charge in [-0.1, -0.05) is 30.3 Å². The zero-order valence-corrected chi connectivity index (χ0v) is 9.32. The summed E-state index contributed by atoms with van der Waals surface area (Å²) in [4.78, 5) is 4.30. The third-order valence-electron chi connectivity index (χ3n) is 2.71. The predicted molar refractivity (Wildman–Crippen MR) is 71.4 cm³/mol. The van der Waals surface area contributed by atoms with Gasteiger partial charge in [0.25, 0.3) is 0 Å².